The number of hydrogen-bond acceptors (Lipinski definition) is 3. The number of fused-ring (bicyclic) bond motifs is 2. The van der Waals surface area contributed by atoms with E-state index in [9.17, 15) is 4.79 Å². The van der Waals surface area contributed by atoms with Crippen LogP contribution < -0.4 is 5.32 Å². The van der Waals surface area contributed by atoms with Crippen molar-refractivity contribution in [3.05, 3.63) is 66.2 Å². The number of carbonyl (C=O) groups excluding carboxylic acids is 1. The van der Waals surface area contributed by atoms with Crippen LogP contribution >= 0.6 is 0 Å². The van der Waals surface area contributed by atoms with Crippen LogP contribution in [0.4, 0.5) is 10.5 Å². The lowest BCUT2D eigenvalue weighted by Crippen LogP contribution is -2.41. The van der Waals surface area contributed by atoms with Crippen LogP contribution in [-0.4, -0.2) is 39.4 Å². The van der Waals surface area contributed by atoms with Gasteiger partial charge in [0.05, 0.1) is 5.52 Å². The molecule has 1 aliphatic heterocycles. The molecule has 1 aliphatic rings. The van der Waals surface area contributed by atoms with Crippen molar-refractivity contribution in [3.8, 4) is 0 Å². The second-order valence-electron chi connectivity index (χ2n) is 7.79. The van der Waals surface area contributed by atoms with Gasteiger partial charge in [0, 0.05) is 18.8 Å². The fourth-order valence-electron chi connectivity index (χ4n) is 4.16. The zero-order valence-corrected chi connectivity index (χ0v) is 16.1. The third-order valence-electron chi connectivity index (χ3n) is 5.82. The van der Waals surface area contributed by atoms with E-state index >= 15 is 0 Å². The average molecular weight is 385 g/mol. The van der Waals surface area contributed by atoms with Gasteiger partial charge in [0.2, 0.25) is 0 Å². The largest absolute Gasteiger partial charge is 0.325 e. The van der Waals surface area contributed by atoms with E-state index in [1.54, 1.807) is 0 Å². The van der Waals surface area contributed by atoms with Gasteiger partial charge in [-0.05, 0) is 59.7 Å². The molecule has 1 aromatic heterocycles. The Balaban J connectivity index is 1.17. The molecule has 0 radical (unpaired) electrons. The van der Waals surface area contributed by atoms with Crippen LogP contribution in [0.25, 0.3) is 21.8 Å². The van der Waals surface area contributed by atoms with Crippen LogP contribution in [0.2, 0.25) is 0 Å². The van der Waals surface area contributed by atoms with Crippen molar-refractivity contribution in [3.63, 3.8) is 0 Å². The fraction of sp³-hybridized carbons (Fsp3) is 0.261. The van der Waals surface area contributed by atoms with E-state index in [0.29, 0.717) is 5.92 Å². The molecule has 146 valence electrons. The number of aromatic amines is 1. The van der Waals surface area contributed by atoms with Gasteiger partial charge in [0.25, 0.3) is 0 Å². The van der Waals surface area contributed by atoms with E-state index in [4.69, 9.17) is 0 Å². The van der Waals surface area contributed by atoms with Gasteiger partial charge in [-0.15, -0.1) is 5.10 Å². The minimum absolute atomic E-state index is 0.0444. The van der Waals surface area contributed by atoms with Crippen molar-refractivity contribution in [2.75, 3.05) is 18.4 Å². The molecule has 0 unspecified atom stereocenters. The Hall–Kier alpha value is -3.41. The van der Waals surface area contributed by atoms with Crippen molar-refractivity contribution < 1.29 is 4.79 Å². The predicted molar refractivity (Wildman–Crippen MR) is 115 cm³/mol. The zero-order valence-electron chi connectivity index (χ0n) is 16.1. The molecule has 2 N–H and O–H groups in total. The molecule has 0 saturated carbocycles. The lowest BCUT2D eigenvalue weighted by molar-refractivity contribution is 0.182. The number of amides is 2. The molecule has 0 bridgehead atoms. The highest BCUT2D eigenvalue weighted by Crippen LogP contribution is 2.25. The van der Waals surface area contributed by atoms with Crippen LogP contribution in [0.1, 0.15) is 18.4 Å². The van der Waals surface area contributed by atoms with Gasteiger partial charge in [-0.3, -0.25) is 5.10 Å². The van der Waals surface area contributed by atoms with Gasteiger partial charge in [0.15, 0.2) is 0 Å². The lowest BCUT2D eigenvalue weighted by atomic mass is 9.89. The molecule has 2 heterocycles. The molecule has 0 aliphatic carbocycles. The van der Waals surface area contributed by atoms with E-state index in [2.05, 4.69) is 63.2 Å². The van der Waals surface area contributed by atoms with Gasteiger partial charge >= 0.3 is 6.03 Å². The number of aromatic nitrogens is 3. The third-order valence-corrected chi connectivity index (χ3v) is 5.82. The van der Waals surface area contributed by atoms with E-state index in [-0.39, 0.29) is 6.03 Å². The molecule has 1 fully saturated rings. The Bertz CT molecular complexity index is 1160. The van der Waals surface area contributed by atoms with E-state index < -0.39 is 0 Å². The smallest absolute Gasteiger partial charge is 0.321 e. The number of carbonyl (C=O) groups is 1. The number of likely N-dealkylation sites (tertiary alicyclic amines) is 1. The first-order valence-corrected chi connectivity index (χ1v) is 10.1. The van der Waals surface area contributed by atoms with Crippen molar-refractivity contribution >= 4 is 33.5 Å². The fourth-order valence-corrected chi connectivity index (χ4v) is 4.16. The summed E-state index contributed by atoms with van der Waals surface area (Å²) in [7, 11) is 0. The summed E-state index contributed by atoms with van der Waals surface area (Å²) in [5, 5.41) is 16.1. The normalized spacial score (nSPS) is 15.1. The van der Waals surface area contributed by atoms with Crippen molar-refractivity contribution in [1.82, 2.24) is 20.3 Å². The lowest BCUT2D eigenvalue weighted by Gasteiger charge is -2.32. The molecular weight excluding hydrogens is 362 g/mol. The number of hydrogen-bond donors (Lipinski definition) is 2. The second kappa shape index (κ2) is 7.54. The highest BCUT2D eigenvalue weighted by Gasteiger charge is 2.23. The second-order valence-corrected chi connectivity index (χ2v) is 7.79. The molecule has 6 heteroatoms. The molecule has 0 atom stereocenters. The minimum atomic E-state index is -0.0444. The number of rotatable bonds is 3. The highest BCUT2D eigenvalue weighted by atomic mass is 16.2. The van der Waals surface area contributed by atoms with Crippen molar-refractivity contribution in [2.24, 2.45) is 5.92 Å². The van der Waals surface area contributed by atoms with E-state index in [1.165, 1.54) is 16.3 Å². The quantitative estimate of drug-likeness (QED) is 0.541. The standard InChI is InChI=1S/C23H23N5O/c29-23(24-20-7-8-21-22(15-20)26-27-25-21)28-11-9-16(10-12-28)13-17-5-6-18-3-1-2-4-19(18)14-17/h1-8,14-16H,9-13H2,(H,24,29)(H,25,26,27). The first kappa shape index (κ1) is 17.7. The molecular formula is C23H23N5O. The number of nitrogens with zero attached hydrogens (tertiary/aromatic N) is 3. The van der Waals surface area contributed by atoms with E-state index in [0.717, 1.165) is 49.1 Å². The van der Waals surface area contributed by atoms with Crippen LogP contribution in [0.15, 0.2) is 60.7 Å². The Morgan fingerprint density at radius 1 is 1.03 bits per heavy atom. The summed E-state index contributed by atoms with van der Waals surface area (Å²) in [6.07, 6.45) is 3.13. The number of nitrogens with one attached hydrogen (secondary N) is 2. The summed E-state index contributed by atoms with van der Waals surface area (Å²) in [6, 6.07) is 20.8. The molecule has 29 heavy (non-hydrogen) atoms. The summed E-state index contributed by atoms with van der Waals surface area (Å²) in [6.45, 7) is 1.58. The van der Waals surface area contributed by atoms with Crippen LogP contribution in [0.3, 0.4) is 0 Å². The van der Waals surface area contributed by atoms with Gasteiger partial charge in [-0.2, -0.15) is 0 Å². The molecule has 3 aromatic carbocycles. The van der Waals surface area contributed by atoms with Crippen molar-refractivity contribution in [1.29, 1.82) is 0 Å². The zero-order chi connectivity index (χ0) is 19.6. The topological polar surface area (TPSA) is 73.9 Å². The summed E-state index contributed by atoms with van der Waals surface area (Å²) < 4.78 is 0. The maximum atomic E-state index is 12.6. The predicted octanol–water partition coefficient (Wildman–Crippen LogP) is 4.60. The first-order chi connectivity index (χ1) is 14.2. The average Bonchev–Trinajstić information content (AvgIpc) is 3.22. The third kappa shape index (κ3) is 3.78. The molecule has 2 amide bonds. The van der Waals surface area contributed by atoms with Gasteiger partial charge in [-0.1, -0.05) is 47.7 Å². The van der Waals surface area contributed by atoms with Gasteiger partial charge < -0.3 is 10.2 Å². The van der Waals surface area contributed by atoms with Gasteiger partial charge in [0.1, 0.15) is 5.52 Å². The maximum absolute atomic E-state index is 12.6. The summed E-state index contributed by atoms with van der Waals surface area (Å²) in [5.74, 6) is 0.617. The van der Waals surface area contributed by atoms with Crippen LogP contribution in [0, 0.1) is 5.92 Å². The van der Waals surface area contributed by atoms with Gasteiger partial charge in [-0.25, -0.2) is 4.79 Å². The Kier molecular flexibility index (Phi) is 4.60. The van der Waals surface area contributed by atoms with Crippen molar-refractivity contribution in [2.45, 2.75) is 19.3 Å². The molecule has 5 rings (SSSR count). The molecule has 1 saturated heterocycles. The minimum Gasteiger partial charge on any atom is -0.325 e. The highest BCUT2D eigenvalue weighted by molar-refractivity contribution is 5.91. The number of benzene rings is 3. The van der Waals surface area contributed by atoms with E-state index in [1.807, 2.05) is 23.1 Å². The Labute approximate surface area is 168 Å². The molecule has 6 nitrogen and oxygen atoms in total. The molecule has 4 aromatic rings. The summed E-state index contributed by atoms with van der Waals surface area (Å²) in [4.78, 5) is 14.5. The SMILES string of the molecule is O=C(Nc1ccc2[nH]nnc2c1)N1CCC(Cc2ccc3ccccc3c2)CC1. The number of piperidine rings is 1. The summed E-state index contributed by atoms with van der Waals surface area (Å²) >= 11 is 0. The Morgan fingerprint density at radius 3 is 2.72 bits per heavy atom. The Morgan fingerprint density at radius 2 is 1.86 bits per heavy atom. The molecule has 0 spiro atoms. The number of anilines is 1. The first-order valence-electron chi connectivity index (χ1n) is 10.1. The monoisotopic (exact) mass is 385 g/mol. The van der Waals surface area contributed by atoms with Crippen LogP contribution in [0.5, 0.6) is 0 Å². The summed E-state index contributed by atoms with van der Waals surface area (Å²) in [5.41, 5.74) is 3.73. The maximum Gasteiger partial charge on any atom is 0.321 e. The number of urea groups is 1. The number of H-pyrrole nitrogens is 1. The van der Waals surface area contributed by atoms with Crippen LogP contribution in [-0.2, 0) is 6.42 Å².